The van der Waals surface area contributed by atoms with E-state index in [1.165, 1.54) is 9.87 Å². The lowest BCUT2D eigenvalue weighted by Crippen LogP contribution is -2.55. The summed E-state index contributed by atoms with van der Waals surface area (Å²) in [6.45, 7) is 4.53. The molecular weight excluding hydrogens is 348 g/mol. The molecule has 4 rings (SSSR count). The van der Waals surface area contributed by atoms with Crippen LogP contribution in [0.2, 0.25) is 0 Å². The van der Waals surface area contributed by atoms with Gasteiger partial charge >= 0.3 is 0 Å². The van der Waals surface area contributed by atoms with Crippen LogP contribution in [-0.2, 0) is 21.2 Å². The number of rotatable bonds is 2. The van der Waals surface area contributed by atoms with Gasteiger partial charge in [-0.15, -0.1) is 0 Å². The van der Waals surface area contributed by atoms with E-state index < -0.39 is 10.0 Å². The number of fused-ring (bicyclic) bond motifs is 3. The molecule has 0 aliphatic carbocycles. The maximum atomic E-state index is 13.2. The van der Waals surface area contributed by atoms with Gasteiger partial charge in [-0.2, -0.15) is 4.31 Å². The van der Waals surface area contributed by atoms with Crippen LogP contribution in [0, 0.1) is 13.8 Å². The zero-order chi connectivity index (χ0) is 18.5. The quantitative estimate of drug-likeness (QED) is 0.816. The van der Waals surface area contributed by atoms with Gasteiger partial charge in [0.15, 0.2) is 0 Å². The molecule has 136 valence electrons. The molecular formula is C20H22N2O3S. The number of hydrogen-bond donors (Lipinski definition) is 0. The Balaban J connectivity index is 1.74. The second-order valence-corrected chi connectivity index (χ2v) is 9.02. The Kier molecular flexibility index (Phi) is 4.12. The lowest BCUT2D eigenvalue weighted by molar-refractivity contribution is -0.138. The molecule has 0 aromatic heterocycles. The summed E-state index contributed by atoms with van der Waals surface area (Å²) in [5.74, 6) is -0.121. The summed E-state index contributed by atoms with van der Waals surface area (Å²) in [5, 5.41) is 0. The highest BCUT2D eigenvalue weighted by Crippen LogP contribution is 2.35. The van der Waals surface area contributed by atoms with Crippen LogP contribution < -0.4 is 0 Å². The van der Waals surface area contributed by atoms with Crippen LogP contribution in [0.3, 0.4) is 0 Å². The summed E-state index contributed by atoms with van der Waals surface area (Å²) in [6, 6.07) is 13.2. The molecule has 0 N–H and O–H groups in total. The van der Waals surface area contributed by atoms with Gasteiger partial charge in [0.05, 0.1) is 17.5 Å². The topological polar surface area (TPSA) is 57.7 Å². The third-order valence-corrected chi connectivity index (χ3v) is 7.34. The number of hydrogen-bond acceptors (Lipinski definition) is 3. The van der Waals surface area contributed by atoms with Gasteiger partial charge in [0.1, 0.15) is 0 Å². The first-order valence-electron chi connectivity index (χ1n) is 8.82. The third-order valence-electron chi connectivity index (χ3n) is 5.38. The van der Waals surface area contributed by atoms with Gasteiger partial charge in [-0.25, -0.2) is 8.42 Å². The number of carbonyl (C=O) groups excluding carboxylic acids is 1. The van der Waals surface area contributed by atoms with Crippen molar-refractivity contribution in [2.24, 2.45) is 0 Å². The van der Waals surface area contributed by atoms with Crippen LogP contribution in [0.5, 0.6) is 0 Å². The van der Waals surface area contributed by atoms with Crippen molar-refractivity contribution in [2.75, 3.05) is 19.6 Å². The number of piperazine rings is 1. The second-order valence-electron chi connectivity index (χ2n) is 7.12. The van der Waals surface area contributed by atoms with E-state index >= 15 is 0 Å². The van der Waals surface area contributed by atoms with Crippen LogP contribution in [-0.4, -0.2) is 43.2 Å². The average Bonchev–Trinajstić information content (AvgIpc) is 2.63. The zero-order valence-electron chi connectivity index (χ0n) is 15.0. The minimum absolute atomic E-state index is 0.0889. The molecule has 5 nitrogen and oxygen atoms in total. The molecule has 1 saturated heterocycles. The summed E-state index contributed by atoms with van der Waals surface area (Å²) in [4.78, 5) is 14.8. The molecule has 1 amide bonds. The Hall–Kier alpha value is -2.18. The Morgan fingerprint density at radius 3 is 2.65 bits per heavy atom. The number of carbonyl (C=O) groups is 1. The van der Waals surface area contributed by atoms with Gasteiger partial charge in [0.2, 0.25) is 15.9 Å². The Bertz CT molecular complexity index is 984. The molecule has 1 atom stereocenters. The first-order valence-corrected chi connectivity index (χ1v) is 10.3. The summed E-state index contributed by atoms with van der Waals surface area (Å²) in [6.07, 6.45) is 0.822. The van der Waals surface area contributed by atoms with E-state index in [4.69, 9.17) is 0 Å². The zero-order valence-corrected chi connectivity index (χ0v) is 15.8. The minimum atomic E-state index is -3.72. The van der Waals surface area contributed by atoms with E-state index in [2.05, 4.69) is 6.07 Å². The van der Waals surface area contributed by atoms with Gasteiger partial charge in [-0.05, 0) is 48.6 Å². The largest absolute Gasteiger partial charge is 0.333 e. The smallest absolute Gasteiger partial charge is 0.243 e. The van der Waals surface area contributed by atoms with Gasteiger partial charge < -0.3 is 4.90 Å². The van der Waals surface area contributed by atoms with Gasteiger partial charge in [0, 0.05) is 13.1 Å². The lowest BCUT2D eigenvalue weighted by Gasteiger charge is -2.44. The van der Waals surface area contributed by atoms with Gasteiger partial charge in [-0.1, -0.05) is 36.4 Å². The predicted molar refractivity (Wildman–Crippen MR) is 99.3 cm³/mol. The fraction of sp³-hybridized carbons (Fsp3) is 0.350. The third kappa shape index (κ3) is 2.73. The second kappa shape index (κ2) is 6.21. The van der Waals surface area contributed by atoms with Crippen LogP contribution in [0.1, 0.15) is 28.3 Å². The normalized spacial score (nSPS) is 20.6. The van der Waals surface area contributed by atoms with Crippen molar-refractivity contribution in [1.82, 2.24) is 9.21 Å². The van der Waals surface area contributed by atoms with E-state index in [9.17, 15) is 13.2 Å². The molecule has 2 aliphatic heterocycles. The first kappa shape index (κ1) is 17.2. The van der Waals surface area contributed by atoms with E-state index in [0.29, 0.717) is 23.5 Å². The lowest BCUT2D eigenvalue weighted by atomic mass is 9.91. The van der Waals surface area contributed by atoms with E-state index in [1.54, 1.807) is 13.0 Å². The van der Waals surface area contributed by atoms with Crippen LogP contribution in [0.4, 0.5) is 0 Å². The van der Waals surface area contributed by atoms with Crippen LogP contribution in [0.25, 0.3) is 0 Å². The Morgan fingerprint density at radius 1 is 1.08 bits per heavy atom. The Labute approximate surface area is 154 Å². The number of sulfonamides is 1. The first-order chi connectivity index (χ1) is 12.4. The average molecular weight is 370 g/mol. The van der Waals surface area contributed by atoms with Crippen molar-refractivity contribution >= 4 is 15.9 Å². The van der Waals surface area contributed by atoms with E-state index in [1.807, 2.05) is 42.2 Å². The highest BCUT2D eigenvalue weighted by atomic mass is 32.2. The molecule has 2 heterocycles. The fourth-order valence-corrected chi connectivity index (χ4v) is 5.66. The van der Waals surface area contributed by atoms with E-state index in [-0.39, 0.29) is 18.5 Å². The molecule has 0 saturated carbocycles. The molecule has 1 fully saturated rings. The molecule has 0 radical (unpaired) electrons. The van der Waals surface area contributed by atoms with Crippen molar-refractivity contribution in [3.63, 3.8) is 0 Å². The Morgan fingerprint density at radius 2 is 1.85 bits per heavy atom. The molecule has 0 spiro atoms. The molecule has 1 unspecified atom stereocenters. The summed E-state index contributed by atoms with van der Waals surface area (Å²) in [5.41, 5.74) is 3.86. The van der Waals surface area contributed by atoms with Crippen molar-refractivity contribution < 1.29 is 13.2 Å². The highest BCUT2D eigenvalue weighted by Gasteiger charge is 2.41. The van der Waals surface area contributed by atoms with Crippen LogP contribution in [0.15, 0.2) is 47.4 Å². The SMILES string of the molecule is Cc1ccc(C)c(S(=O)(=O)N2CC(=O)N3CCc4ccccc4C3C2)c1. The van der Waals surface area contributed by atoms with Crippen LogP contribution >= 0.6 is 0 Å². The fourth-order valence-electron chi connectivity index (χ4n) is 3.95. The monoisotopic (exact) mass is 370 g/mol. The molecule has 2 aromatic rings. The maximum absolute atomic E-state index is 13.2. The molecule has 2 aromatic carbocycles. The predicted octanol–water partition coefficient (Wildman–Crippen LogP) is 2.43. The van der Waals surface area contributed by atoms with Crippen molar-refractivity contribution in [1.29, 1.82) is 0 Å². The maximum Gasteiger partial charge on any atom is 0.243 e. The number of aryl methyl sites for hydroxylation is 2. The number of nitrogens with zero attached hydrogens (tertiary/aromatic N) is 2. The van der Waals surface area contributed by atoms with Gasteiger partial charge in [0.25, 0.3) is 0 Å². The number of amides is 1. The molecule has 6 heteroatoms. The standard InChI is InChI=1S/C20H22N2O3S/c1-14-7-8-15(2)19(11-14)26(24,25)21-12-18-17-6-4-3-5-16(17)9-10-22(18)20(23)13-21/h3-8,11,18H,9-10,12-13H2,1-2H3. The number of benzene rings is 2. The minimum Gasteiger partial charge on any atom is -0.333 e. The summed E-state index contributed by atoms with van der Waals surface area (Å²) < 4.78 is 27.8. The highest BCUT2D eigenvalue weighted by molar-refractivity contribution is 7.89. The summed E-state index contributed by atoms with van der Waals surface area (Å²) in [7, 11) is -3.72. The van der Waals surface area contributed by atoms with Crippen molar-refractivity contribution in [3.8, 4) is 0 Å². The summed E-state index contributed by atoms with van der Waals surface area (Å²) >= 11 is 0. The van der Waals surface area contributed by atoms with E-state index in [0.717, 1.165) is 17.5 Å². The molecule has 2 aliphatic rings. The van der Waals surface area contributed by atoms with Crippen molar-refractivity contribution in [3.05, 3.63) is 64.7 Å². The van der Waals surface area contributed by atoms with Crippen molar-refractivity contribution in [2.45, 2.75) is 31.2 Å². The molecule has 0 bridgehead atoms. The van der Waals surface area contributed by atoms with Gasteiger partial charge in [-0.3, -0.25) is 4.79 Å². The molecule has 26 heavy (non-hydrogen) atoms.